The van der Waals surface area contributed by atoms with E-state index in [1.54, 1.807) is 18.2 Å². The minimum Gasteiger partial charge on any atom is -0.352 e. The lowest BCUT2D eigenvalue weighted by Gasteiger charge is -2.31. The normalized spacial score (nSPS) is 17.5. The number of piperidine rings is 1. The van der Waals surface area contributed by atoms with Gasteiger partial charge in [-0.2, -0.15) is 4.31 Å². The van der Waals surface area contributed by atoms with Gasteiger partial charge in [0, 0.05) is 31.2 Å². The molecule has 0 spiro atoms. The van der Waals surface area contributed by atoms with Crippen molar-refractivity contribution in [3.63, 3.8) is 0 Å². The minimum atomic E-state index is -3.74. The van der Waals surface area contributed by atoms with E-state index in [1.807, 2.05) is 31.2 Å². The highest BCUT2D eigenvalue weighted by Crippen LogP contribution is 2.25. The molecule has 1 fully saturated rings. The van der Waals surface area contributed by atoms with Crippen LogP contribution in [0.4, 0.5) is 0 Å². The molecule has 0 radical (unpaired) electrons. The van der Waals surface area contributed by atoms with Crippen LogP contribution < -0.4 is 10.9 Å². The minimum absolute atomic E-state index is 0.128. The third-order valence-electron chi connectivity index (χ3n) is 5.68. The molecule has 1 aliphatic rings. The number of H-pyrrole nitrogens is 1. The van der Waals surface area contributed by atoms with E-state index in [9.17, 15) is 18.0 Å². The summed E-state index contributed by atoms with van der Waals surface area (Å²) in [6.07, 6.45) is 1.29. The van der Waals surface area contributed by atoms with Crippen LogP contribution in [0.5, 0.6) is 0 Å². The summed E-state index contributed by atoms with van der Waals surface area (Å²) >= 11 is 0. The second-order valence-electron chi connectivity index (χ2n) is 7.98. The van der Waals surface area contributed by atoms with Gasteiger partial charge in [-0.25, -0.2) is 8.42 Å². The van der Waals surface area contributed by atoms with Crippen LogP contribution in [0.15, 0.2) is 64.3 Å². The molecule has 1 saturated heterocycles. The van der Waals surface area contributed by atoms with Crippen LogP contribution in [0.1, 0.15) is 24.0 Å². The van der Waals surface area contributed by atoms with Crippen molar-refractivity contribution in [1.29, 1.82) is 0 Å². The molecule has 31 heavy (non-hydrogen) atoms. The lowest BCUT2D eigenvalue weighted by Crippen LogP contribution is -2.45. The predicted octanol–water partition coefficient (Wildman–Crippen LogP) is 2.55. The summed E-state index contributed by atoms with van der Waals surface area (Å²) in [6.45, 7) is 2.97. The van der Waals surface area contributed by atoms with E-state index in [1.165, 1.54) is 16.4 Å². The third kappa shape index (κ3) is 4.70. The summed E-state index contributed by atoms with van der Waals surface area (Å²) in [5, 5.41) is 3.58. The van der Waals surface area contributed by atoms with Crippen molar-refractivity contribution in [2.75, 3.05) is 13.1 Å². The topological polar surface area (TPSA) is 99.3 Å². The van der Waals surface area contributed by atoms with Gasteiger partial charge in [-0.05, 0) is 55.0 Å². The maximum Gasteiger partial charge on any atom is 0.248 e. The van der Waals surface area contributed by atoms with Gasteiger partial charge in [-0.3, -0.25) is 9.59 Å². The molecule has 3 aromatic rings. The molecular formula is C23H25N3O4S. The number of sulfonamides is 1. The van der Waals surface area contributed by atoms with E-state index in [2.05, 4.69) is 10.3 Å². The molecule has 0 aliphatic carbocycles. The second kappa shape index (κ2) is 8.64. The summed E-state index contributed by atoms with van der Waals surface area (Å²) in [7, 11) is -3.74. The van der Waals surface area contributed by atoms with E-state index < -0.39 is 10.0 Å². The van der Waals surface area contributed by atoms with Gasteiger partial charge >= 0.3 is 0 Å². The Bertz CT molecular complexity index is 1270. The van der Waals surface area contributed by atoms with Gasteiger partial charge in [0.1, 0.15) is 0 Å². The van der Waals surface area contributed by atoms with E-state index in [0.717, 1.165) is 11.1 Å². The summed E-state index contributed by atoms with van der Waals surface area (Å²) < 4.78 is 27.8. The van der Waals surface area contributed by atoms with Gasteiger partial charge in [-0.15, -0.1) is 0 Å². The smallest absolute Gasteiger partial charge is 0.248 e. The van der Waals surface area contributed by atoms with Crippen LogP contribution in [-0.2, 0) is 21.4 Å². The number of amides is 1. The number of aromatic nitrogens is 1. The zero-order chi connectivity index (χ0) is 22.0. The quantitative estimate of drug-likeness (QED) is 0.638. The Morgan fingerprint density at radius 3 is 2.68 bits per heavy atom. The number of fused-ring (bicyclic) bond motifs is 1. The number of carbonyl (C=O) groups is 1. The molecular weight excluding hydrogens is 414 g/mol. The van der Waals surface area contributed by atoms with Gasteiger partial charge in [0.15, 0.2) is 0 Å². The first-order valence-electron chi connectivity index (χ1n) is 10.3. The molecule has 1 atom stereocenters. The zero-order valence-corrected chi connectivity index (χ0v) is 18.1. The van der Waals surface area contributed by atoms with Crippen LogP contribution in [0.2, 0.25) is 0 Å². The average molecular weight is 440 g/mol. The van der Waals surface area contributed by atoms with E-state index in [0.29, 0.717) is 36.8 Å². The number of benzene rings is 2. The van der Waals surface area contributed by atoms with Crippen molar-refractivity contribution in [2.45, 2.75) is 31.2 Å². The van der Waals surface area contributed by atoms with Crippen LogP contribution in [0.3, 0.4) is 0 Å². The monoisotopic (exact) mass is 439 g/mol. The van der Waals surface area contributed by atoms with Crippen molar-refractivity contribution < 1.29 is 13.2 Å². The largest absolute Gasteiger partial charge is 0.352 e. The summed E-state index contributed by atoms with van der Waals surface area (Å²) in [5.74, 6) is -0.512. The molecule has 1 amide bonds. The Balaban J connectivity index is 1.46. The van der Waals surface area contributed by atoms with Crippen molar-refractivity contribution in [3.05, 3.63) is 76.1 Å². The maximum absolute atomic E-state index is 13.2. The Kier molecular flexibility index (Phi) is 5.93. The second-order valence-corrected chi connectivity index (χ2v) is 9.92. The first-order valence-corrected chi connectivity index (χ1v) is 11.7. The molecule has 0 saturated carbocycles. The van der Waals surface area contributed by atoms with E-state index in [-0.39, 0.29) is 28.8 Å². The number of nitrogens with one attached hydrogen (secondary N) is 2. The highest BCUT2D eigenvalue weighted by atomic mass is 32.2. The van der Waals surface area contributed by atoms with Gasteiger partial charge in [0.25, 0.3) is 0 Å². The van der Waals surface area contributed by atoms with E-state index in [4.69, 9.17) is 0 Å². The summed E-state index contributed by atoms with van der Waals surface area (Å²) in [4.78, 5) is 27.0. The van der Waals surface area contributed by atoms with Crippen LogP contribution in [0, 0.1) is 12.8 Å². The maximum atomic E-state index is 13.2. The van der Waals surface area contributed by atoms with Crippen molar-refractivity contribution in [2.24, 2.45) is 5.92 Å². The van der Waals surface area contributed by atoms with Crippen LogP contribution >= 0.6 is 0 Å². The molecule has 2 aromatic carbocycles. The lowest BCUT2D eigenvalue weighted by atomic mass is 9.98. The van der Waals surface area contributed by atoms with Gasteiger partial charge < -0.3 is 10.3 Å². The number of aromatic amines is 1. The Labute approximate surface area is 181 Å². The first kappa shape index (κ1) is 21.3. The SMILES string of the molecule is Cc1ccc(CNC(=O)[C@H]2CCCN(S(=O)(=O)c3ccc4[nH]c(=O)ccc4c3)C2)cc1. The van der Waals surface area contributed by atoms with Gasteiger partial charge in [0.05, 0.1) is 10.8 Å². The predicted molar refractivity (Wildman–Crippen MR) is 119 cm³/mol. The van der Waals surface area contributed by atoms with Crippen molar-refractivity contribution in [1.82, 2.24) is 14.6 Å². The number of carbonyl (C=O) groups excluding carboxylic acids is 1. The third-order valence-corrected chi connectivity index (χ3v) is 7.54. The van der Waals surface area contributed by atoms with E-state index >= 15 is 0 Å². The highest BCUT2D eigenvalue weighted by molar-refractivity contribution is 7.89. The van der Waals surface area contributed by atoms with Crippen LogP contribution in [0.25, 0.3) is 10.9 Å². The molecule has 1 aliphatic heterocycles. The van der Waals surface area contributed by atoms with Crippen molar-refractivity contribution in [3.8, 4) is 0 Å². The summed E-state index contributed by atoms with van der Waals surface area (Å²) in [5.41, 5.74) is 2.51. The van der Waals surface area contributed by atoms with Crippen molar-refractivity contribution >= 4 is 26.8 Å². The molecule has 162 valence electrons. The highest BCUT2D eigenvalue weighted by Gasteiger charge is 2.33. The number of pyridine rings is 1. The van der Waals surface area contributed by atoms with Gasteiger partial charge in [-0.1, -0.05) is 29.8 Å². The fraction of sp³-hybridized carbons (Fsp3) is 0.304. The zero-order valence-electron chi connectivity index (χ0n) is 17.3. The average Bonchev–Trinajstić information content (AvgIpc) is 2.78. The number of hydrogen-bond donors (Lipinski definition) is 2. The molecule has 1 aromatic heterocycles. The van der Waals surface area contributed by atoms with Crippen LogP contribution in [-0.4, -0.2) is 36.7 Å². The molecule has 0 unspecified atom stereocenters. The van der Waals surface area contributed by atoms with Gasteiger partial charge in [0.2, 0.25) is 21.5 Å². The number of rotatable bonds is 5. The fourth-order valence-corrected chi connectivity index (χ4v) is 5.42. The molecule has 2 heterocycles. The molecule has 8 heteroatoms. The first-order chi connectivity index (χ1) is 14.8. The Hall–Kier alpha value is -2.97. The molecule has 2 N–H and O–H groups in total. The Morgan fingerprint density at radius 2 is 1.90 bits per heavy atom. The number of nitrogens with zero attached hydrogens (tertiary/aromatic N) is 1. The lowest BCUT2D eigenvalue weighted by molar-refractivity contribution is -0.126. The number of hydrogen-bond acceptors (Lipinski definition) is 4. The molecule has 4 rings (SSSR count). The summed E-state index contributed by atoms with van der Waals surface area (Å²) in [6, 6.07) is 15.6. The fourth-order valence-electron chi connectivity index (χ4n) is 3.86. The number of aryl methyl sites for hydroxylation is 1. The molecule has 0 bridgehead atoms. The molecule has 7 nitrogen and oxygen atoms in total. The Morgan fingerprint density at radius 1 is 1.13 bits per heavy atom. The standard InChI is InChI=1S/C23H25N3O4S/c1-16-4-6-17(7-5-16)14-24-23(28)19-3-2-12-26(15-19)31(29,30)20-9-10-21-18(13-20)8-11-22(27)25-21/h4-11,13,19H,2-3,12,14-15H2,1H3,(H,24,28)(H,25,27)/t19-/m0/s1.